The van der Waals surface area contributed by atoms with Gasteiger partial charge in [-0.15, -0.1) is 10.2 Å². The number of carbonyl (C=O) groups excluding carboxylic acids is 1. The molecule has 1 amide bonds. The minimum Gasteiger partial charge on any atom is -0.419 e. The lowest BCUT2D eigenvalue weighted by Gasteiger charge is -2.27. The Balaban J connectivity index is 1.72. The van der Waals surface area contributed by atoms with Gasteiger partial charge in [0.25, 0.3) is 5.89 Å². The molecule has 0 unspecified atom stereocenters. The second-order valence-corrected chi connectivity index (χ2v) is 6.77. The predicted molar refractivity (Wildman–Crippen MR) is 96.7 cm³/mol. The smallest absolute Gasteiger partial charge is 0.264 e. The minimum atomic E-state index is 0.0690. The van der Waals surface area contributed by atoms with E-state index in [9.17, 15) is 4.79 Å². The van der Waals surface area contributed by atoms with Gasteiger partial charge in [0.1, 0.15) is 12.2 Å². The van der Waals surface area contributed by atoms with Crippen molar-refractivity contribution >= 4 is 16.8 Å². The third kappa shape index (κ3) is 3.10. The highest BCUT2D eigenvalue weighted by Gasteiger charge is 2.22. The largest absolute Gasteiger partial charge is 0.419 e. The summed E-state index contributed by atoms with van der Waals surface area (Å²) >= 11 is 0. The zero-order valence-corrected chi connectivity index (χ0v) is 15.0. The zero-order chi connectivity index (χ0) is 18.1. The SMILES string of the molecule is CC(C)c1nnc(-c2cc3ccccc3n2CC(=O)N2CCOCC2)o1. The molecule has 0 aliphatic carbocycles. The fraction of sp³-hybridized carbons (Fsp3) is 0.421. The Morgan fingerprint density at radius 3 is 2.69 bits per heavy atom. The van der Waals surface area contributed by atoms with Crippen LogP contribution in [0.3, 0.4) is 0 Å². The highest BCUT2D eigenvalue weighted by Crippen LogP contribution is 2.29. The topological polar surface area (TPSA) is 73.4 Å². The second kappa shape index (κ2) is 6.92. The van der Waals surface area contributed by atoms with E-state index in [4.69, 9.17) is 9.15 Å². The van der Waals surface area contributed by atoms with Gasteiger partial charge in [0.2, 0.25) is 11.8 Å². The minimum absolute atomic E-state index is 0.0690. The quantitative estimate of drug-likeness (QED) is 0.720. The summed E-state index contributed by atoms with van der Waals surface area (Å²) in [7, 11) is 0. The molecule has 1 aliphatic rings. The Hall–Kier alpha value is -2.67. The summed E-state index contributed by atoms with van der Waals surface area (Å²) in [5.74, 6) is 1.26. The van der Waals surface area contributed by atoms with Gasteiger partial charge in [-0.25, -0.2) is 0 Å². The molecule has 1 aromatic carbocycles. The third-order valence-electron chi connectivity index (χ3n) is 4.62. The normalized spacial score (nSPS) is 15.1. The number of hydrogen-bond acceptors (Lipinski definition) is 5. The molecule has 7 nitrogen and oxygen atoms in total. The lowest BCUT2D eigenvalue weighted by molar-refractivity contribution is -0.135. The van der Waals surface area contributed by atoms with Crippen molar-refractivity contribution in [2.75, 3.05) is 26.3 Å². The van der Waals surface area contributed by atoms with Crippen LogP contribution in [0.25, 0.3) is 22.5 Å². The van der Waals surface area contributed by atoms with Crippen molar-refractivity contribution in [3.05, 3.63) is 36.2 Å². The molecule has 0 atom stereocenters. The number of rotatable bonds is 4. The second-order valence-electron chi connectivity index (χ2n) is 6.77. The van der Waals surface area contributed by atoms with E-state index in [1.54, 1.807) is 0 Å². The molecular weight excluding hydrogens is 332 g/mol. The number of amides is 1. The molecule has 4 rings (SSSR count). The average Bonchev–Trinajstić information content (AvgIpc) is 3.28. The Bertz CT molecular complexity index is 922. The number of para-hydroxylation sites is 1. The lowest BCUT2D eigenvalue weighted by atomic mass is 10.2. The number of benzene rings is 1. The highest BCUT2D eigenvalue weighted by molar-refractivity contribution is 5.88. The van der Waals surface area contributed by atoms with Crippen LogP contribution in [-0.2, 0) is 16.1 Å². The van der Waals surface area contributed by atoms with Crippen LogP contribution < -0.4 is 0 Å². The van der Waals surface area contributed by atoms with Crippen molar-refractivity contribution in [3.8, 4) is 11.6 Å². The summed E-state index contributed by atoms with van der Waals surface area (Å²) in [6, 6.07) is 9.97. The van der Waals surface area contributed by atoms with Gasteiger partial charge in [-0.2, -0.15) is 0 Å². The van der Waals surface area contributed by atoms with Crippen LogP contribution in [-0.4, -0.2) is 51.9 Å². The van der Waals surface area contributed by atoms with Crippen LogP contribution in [0.2, 0.25) is 0 Å². The molecule has 26 heavy (non-hydrogen) atoms. The van der Waals surface area contributed by atoms with E-state index in [2.05, 4.69) is 10.2 Å². The summed E-state index contributed by atoms with van der Waals surface area (Å²) in [4.78, 5) is 14.6. The first-order chi connectivity index (χ1) is 12.6. The summed E-state index contributed by atoms with van der Waals surface area (Å²) in [6.07, 6.45) is 0. The molecule has 7 heteroatoms. The standard InChI is InChI=1S/C19H22N4O3/c1-13(2)18-20-21-19(26-18)16-11-14-5-3-4-6-15(14)23(16)12-17(24)22-7-9-25-10-8-22/h3-6,11,13H,7-10,12H2,1-2H3. The highest BCUT2D eigenvalue weighted by atomic mass is 16.5. The van der Waals surface area contributed by atoms with E-state index in [-0.39, 0.29) is 18.4 Å². The van der Waals surface area contributed by atoms with E-state index in [1.807, 2.05) is 53.6 Å². The number of ether oxygens (including phenoxy) is 1. The number of morpholine rings is 1. The summed E-state index contributed by atoms with van der Waals surface area (Å²) < 4.78 is 13.1. The van der Waals surface area contributed by atoms with E-state index >= 15 is 0 Å². The van der Waals surface area contributed by atoms with Crippen molar-refractivity contribution < 1.29 is 13.9 Å². The Kier molecular flexibility index (Phi) is 4.46. The van der Waals surface area contributed by atoms with Crippen molar-refractivity contribution in [2.24, 2.45) is 0 Å². The first-order valence-electron chi connectivity index (χ1n) is 8.91. The predicted octanol–water partition coefficient (Wildman–Crippen LogP) is 2.67. The zero-order valence-electron chi connectivity index (χ0n) is 15.0. The first kappa shape index (κ1) is 16.8. The summed E-state index contributed by atoms with van der Waals surface area (Å²) in [5, 5.41) is 9.37. The molecule has 0 saturated carbocycles. The van der Waals surface area contributed by atoms with Gasteiger partial charge in [0.15, 0.2) is 0 Å². The number of aromatic nitrogens is 3. The van der Waals surface area contributed by atoms with Crippen LogP contribution in [0.5, 0.6) is 0 Å². The van der Waals surface area contributed by atoms with Gasteiger partial charge in [-0.05, 0) is 12.1 Å². The summed E-state index contributed by atoms with van der Waals surface area (Å²) in [6.45, 7) is 6.70. The van der Waals surface area contributed by atoms with Crippen LogP contribution in [0.1, 0.15) is 25.7 Å². The van der Waals surface area contributed by atoms with Crippen molar-refractivity contribution in [1.29, 1.82) is 0 Å². The number of hydrogen-bond donors (Lipinski definition) is 0. The number of fused-ring (bicyclic) bond motifs is 1. The molecule has 1 fully saturated rings. The molecule has 1 saturated heterocycles. The molecule has 0 bridgehead atoms. The lowest BCUT2D eigenvalue weighted by Crippen LogP contribution is -2.42. The van der Waals surface area contributed by atoms with E-state index in [0.717, 1.165) is 16.6 Å². The molecule has 3 aromatic rings. The maximum atomic E-state index is 12.8. The van der Waals surface area contributed by atoms with E-state index < -0.39 is 0 Å². The Labute approximate surface area is 151 Å². The maximum absolute atomic E-state index is 12.8. The fourth-order valence-corrected chi connectivity index (χ4v) is 3.18. The van der Waals surface area contributed by atoms with E-state index in [0.29, 0.717) is 38.1 Å². The molecule has 0 radical (unpaired) electrons. The van der Waals surface area contributed by atoms with Crippen LogP contribution >= 0.6 is 0 Å². The van der Waals surface area contributed by atoms with Gasteiger partial charge >= 0.3 is 0 Å². The van der Waals surface area contributed by atoms with Crippen molar-refractivity contribution in [2.45, 2.75) is 26.3 Å². The monoisotopic (exact) mass is 354 g/mol. The molecule has 0 N–H and O–H groups in total. The molecule has 136 valence electrons. The number of carbonyl (C=O) groups is 1. The van der Waals surface area contributed by atoms with Gasteiger partial charge < -0.3 is 18.6 Å². The van der Waals surface area contributed by atoms with Crippen molar-refractivity contribution in [1.82, 2.24) is 19.7 Å². The Morgan fingerprint density at radius 1 is 1.19 bits per heavy atom. The van der Waals surface area contributed by atoms with Crippen LogP contribution in [0.15, 0.2) is 34.7 Å². The summed E-state index contributed by atoms with van der Waals surface area (Å²) in [5.41, 5.74) is 1.75. The van der Waals surface area contributed by atoms with Gasteiger partial charge in [0.05, 0.1) is 13.2 Å². The Morgan fingerprint density at radius 2 is 1.96 bits per heavy atom. The van der Waals surface area contributed by atoms with Crippen LogP contribution in [0.4, 0.5) is 0 Å². The molecule has 3 heterocycles. The fourth-order valence-electron chi connectivity index (χ4n) is 3.18. The molecule has 1 aliphatic heterocycles. The number of nitrogens with zero attached hydrogens (tertiary/aromatic N) is 4. The molecule has 0 spiro atoms. The van der Waals surface area contributed by atoms with E-state index in [1.165, 1.54) is 0 Å². The third-order valence-corrected chi connectivity index (χ3v) is 4.62. The maximum Gasteiger partial charge on any atom is 0.264 e. The molecular formula is C19H22N4O3. The first-order valence-corrected chi connectivity index (χ1v) is 8.91. The molecule has 2 aromatic heterocycles. The van der Waals surface area contributed by atoms with Crippen LogP contribution in [0, 0.1) is 0 Å². The van der Waals surface area contributed by atoms with Gasteiger partial charge in [-0.1, -0.05) is 32.0 Å². The van der Waals surface area contributed by atoms with Gasteiger partial charge in [0, 0.05) is 29.9 Å². The average molecular weight is 354 g/mol. The van der Waals surface area contributed by atoms with Crippen molar-refractivity contribution in [3.63, 3.8) is 0 Å². The van der Waals surface area contributed by atoms with Gasteiger partial charge in [-0.3, -0.25) is 4.79 Å².